The molecule has 0 spiro atoms. The van der Waals surface area contributed by atoms with Gasteiger partial charge in [-0.05, 0) is 31.0 Å². The smallest absolute Gasteiger partial charge is 0.0643 e. The van der Waals surface area contributed by atoms with Crippen LogP contribution in [0.4, 0.5) is 5.69 Å². The Labute approximate surface area is 109 Å². The minimum absolute atomic E-state index is 0.826. The van der Waals surface area contributed by atoms with Crippen molar-refractivity contribution in [2.75, 3.05) is 5.32 Å². The van der Waals surface area contributed by atoms with Gasteiger partial charge in [-0.15, -0.1) is 0 Å². The van der Waals surface area contributed by atoms with Crippen molar-refractivity contribution in [2.45, 2.75) is 33.2 Å². The summed E-state index contributed by atoms with van der Waals surface area (Å²) < 4.78 is 1.86. The molecule has 1 heterocycles. The van der Waals surface area contributed by atoms with Crippen LogP contribution in [0.5, 0.6) is 0 Å². The Bertz CT molecular complexity index is 497. The molecule has 0 unspecified atom stereocenters. The van der Waals surface area contributed by atoms with Gasteiger partial charge in [-0.25, -0.2) is 0 Å². The Morgan fingerprint density at radius 3 is 2.50 bits per heavy atom. The molecule has 3 heteroatoms. The van der Waals surface area contributed by atoms with E-state index in [9.17, 15) is 0 Å². The van der Waals surface area contributed by atoms with Gasteiger partial charge in [0.15, 0.2) is 0 Å². The summed E-state index contributed by atoms with van der Waals surface area (Å²) in [5, 5.41) is 7.77. The lowest BCUT2D eigenvalue weighted by atomic mass is 10.1. The number of aryl methyl sites for hydroxylation is 3. The number of nitrogens with one attached hydrogen (secondary N) is 1. The van der Waals surface area contributed by atoms with Gasteiger partial charge in [0, 0.05) is 31.0 Å². The summed E-state index contributed by atoms with van der Waals surface area (Å²) in [5.41, 5.74) is 4.90. The minimum atomic E-state index is 0.826. The van der Waals surface area contributed by atoms with Crippen LogP contribution in [0.1, 0.15) is 30.2 Å². The van der Waals surface area contributed by atoms with Crippen LogP contribution < -0.4 is 5.32 Å². The summed E-state index contributed by atoms with van der Waals surface area (Å²) in [6.45, 7) is 5.07. The first-order valence-electron chi connectivity index (χ1n) is 6.51. The minimum Gasteiger partial charge on any atom is -0.381 e. The SMILES string of the molecule is CCCc1ccc(NCc2cn(C)nc2C)cc1. The van der Waals surface area contributed by atoms with Gasteiger partial charge in [-0.1, -0.05) is 25.5 Å². The molecule has 1 aromatic heterocycles. The van der Waals surface area contributed by atoms with Crippen LogP contribution >= 0.6 is 0 Å². The maximum Gasteiger partial charge on any atom is 0.0643 e. The Morgan fingerprint density at radius 1 is 1.22 bits per heavy atom. The van der Waals surface area contributed by atoms with Gasteiger partial charge in [0.05, 0.1) is 5.69 Å². The van der Waals surface area contributed by atoms with Crippen LogP contribution in [-0.4, -0.2) is 9.78 Å². The first-order chi connectivity index (χ1) is 8.69. The molecule has 0 atom stereocenters. The maximum absolute atomic E-state index is 4.34. The summed E-state index contributed by atoms with van der Waals surface area (Å²) in [7, 11) is 1.95. The van der Waals surface area contributed by atoms with E-state index >= 15 is 0 Å². The summed E-state index contributed by atoms with van der Waals surface area (Å²) in [5.74, 6) is 0. The van der Waals surface area contributed by atoms with Crippen LogP contribution in [0.25, 0.3) is 0 Å². The molecule has 0 aliphatic rings. The Morgan fingerprint density at radius 2 is 1.94 bits per heavy atom. The van der Waals surface area contributed by atoms with Crippen LogP contribution in [0, 0.1) is 6.92 Å². The number of aromatic nitrogens is 2. The van der Waals surface area contributed by atoms with Gasteiger partial charge in [0.25, 0.3) is 0 Å². The average Bonchev–Trinajstić information content (AvgIpc) is 2.67. The molecule has 0 amide bonds. The van der Waals surface area contributed by atoms with E-state index in [1.807, 2.05) is 18.7 Å². The Hall–Kier alpha value is -1.77. The molecule has 1 N–H and O–H groups in total. The number of rotatable bonds is 5. The van der Waals surface area contributed by atoms with Crippen molar-refractivity contribution in [3.05, 3.63) is 47.3 Å². The lowest BCUT2D eigenvalue weighted by molar-refractivity contribution is 0.756. The average molecular weight is 243 g/mol. The molecular formula is C15H21N3. The van der Waals surface area contributed by atoms with E-state index in [0.717, 1.165) is 24.3 Å². The lowest BCUT2D eigenvalue weighted by Gasteiger charge is -2.06. The number of nitrogens with zero attached hydrogens (tertiary/aromatic N) is 2. The fraction of sp³-hybridized carbons (Fsp3) is 0.400. The number of hydrogen-bond donors (Lipinski definition) is 1. The standard InChI is InChI=1S/C15H21N3/c1-4-5-13-6-8-15(9-7-13)16-10-14-11-18(3)17-12(14)2/h6-9,11,16H,4-5,10H2,1-3H3. The van der Waals surface area contributed by atoms with Crippen molar-refractivity contribution in [2.24, 2.45) is 7.05 Å². The van der Waals surface area contributed by atoms with Crippen molar-refractivity contribution >= 4 is 5.69 Å². The van der Waals surface area contributed by atoms with Gasteiger partial charge in [-0.2, -0.15) is 5.10 Å². The van der Waals surface area contributed by atoms with E-state index in [0.29, 0.717) is 0 Å². The molecule has 0 bridgehead atoms. The molecule has 0 aliphatic heterocycles. The lowest BCUT2D eigenvalue weighted by Crippen LogP contribution is -1.99. The monoisotopic (exact) mass is 243 g/mol. The van der Waals surface area contributed by atoms with E-state index in [2.05, 4.69) is 47.8 Å². The molecular weight excluding hydrogens is 222 g/mol. The first-order valence-corrected chi connectivity index (χ1v) is 6.51. The summed E-state index contributed by atoms with van der Waals surface area (Å²) in [6, 6.07) is 8.69. The number of benzene rings is 1. The predicted octanol–water partition coefficient (Wildman–Crippen LogP) is 3.29. The Kier molecular flexibility index (Phi) is 4.03. The quantitative estimate of drug-likeness (QED) is 0.873. The highest BCUT2D eigenvalue weighted by atomic mass is 15.2. The third-order valence-electron chi connectivity index (χ3n) is 3.09. The topological polar surface area (TPSA) is 29.9 Å². The Balaban J connectivity index is 1.95. The molecule has 3 nitrogen and oxygen atoms in total. The van der Waals surface area contributed by atoms with E-state index in [4.69, 9.17) is 0 Å². The zero-order chi connectivity index (χ0) is 13.0. The first kappa shape index (κ1) is 12.7. The zero-order valence-corrected chi connectivity index (χ0v) is 11.4. The van der Waals surface area contributed by atoms with Gasteiger partial charge in [0.2, 0.25) is 0 Å². The van der Waals surface area contributed by atoms with E-state index < -0.39 is 0 Å². The fourth-order valence-electron chi connectivity index (χ4n) is 2.10. The molecule has 18 heavy (non-hydrogen) atoms. The molecule has 0 saturated carbocycles. The number of anilines is 1. The molecule has 0 radical (unpaired) electrons. The molecule has 0 saturated heterocycles. The zero-order valence-electron chi connectivity index (χ0n) is 11.4. The van der Waals surface area contributed by atoms with E-state index in [1.54, 1.807) is 0 Å². The summed E-state index contributed by atoms with van der Waals surface area (Å²) >= 11 is 0. The van der Waals surface area contributed by atoms with Crippen LogP contribution in [0.3, 0.4) is 0 Å². The largest absolute Gasteiger partial charge is 0.381 e. The molecule has 0 aliphatic carbocycles. The third kappa shape index (κ3) is 3.13. The second-order valence-corrected chi connectivity index (χ2v) is 4.71. The molecule has 0 fully saturated rings. The van der Waals surface area contributed by atoms with Crippen molar-refractivity contribution < 1.29 is 0 Å². The predicted molar refractivity (Wildman–Crippen MR) is 75.7 cm³/mol. The molecule has 96 valence electrons. The second-order valence-electron chi connectivity index (χ2n) is 4.71. The van der Waals surface area contributed by atoms with Crippen LogP contribution in [-0.2, 0) is 20.0 Å². The van der Waals surface area contributed by atoms with Crippen LogP contribution in [0.2, 0.25) is 0 Å². The molecule has 2 aromatic rings. The number of hydrogen-bond acceptors (Lipinski definition) is 2. The normalized spacial score (nSPS) is 10.6. The highest BCUT2D eigenvalue weighted by Gasteiger charge is 2.02. The van der Waals surface area contributed by atoms with E-state index in [1.165, 1.54) is 17.5 Å². The van der Waals surface area contributed by atoms with Crippen molar-refractivity contribution in [3.63, 3.8) is 0 Å². The van der Waals surface area contributed by atoms with Crippen molar-refractivity contribution in [1.29, 1.82) is 0 Å². The van der Waals surface area contributed by atoms with Crippen LogP contribution in [0.15, 0.2) is 30.5 Å². The maximum atomic E-state index is 4.34. The van der Waals surface area contributed by atoms with Gasteiger partial charge < -0.3 is 5.32 Å². The van der Waals surface area contributed by atoms with Crippen molar-refractivity contribution in [1.82, 2.24) is 9.78 Å². The molecule has 2 rings (SSSR count). The van der Waals surface area contributed by atoms with Gasteiger partial charge >= 0.3 is 0 Å². The third-order valence-corrected chi connectivity index (χ3v) is 3.09. The molecule has 1 aromatic carbocycles. The summed E-state index contributed by atoms with van der Waals surface area (Å²) in [6.07, 6.45) is 4.41. The second kappa shape index (κ2) is 5.71. The summed E-state index contributed by atoms with van der Waals surface area (Å²) in [4.78, 5) is 0. The fourth-order valence-corrected chi connectivity index (χ4v) is 2.10. The van der Waals surface area contributed by atoms with Gasteiger partial charge in [0.1, 0.15) is 0 Å². The highest BCUT2D eigenvalue weighted by Crippen LogP contribution is 2.13. The van der Waals surface area contributed by atoms with Gasteiger partial charge in [-0.3, -0.25) is 4.68 Å². The van der Waals surface area contributed by atoms with Crippen molar-refractivity contribution in [3.8, 4) is 0 Å². The highest BCUT2D eigenvalue weighted by molar-refractivity contribution is 5.45. The van der Waals surface area contributed by atoms with E-state index in [-0.39, 0.29) is 0 Å².